The van der Waals surface area contributed by atoms with Crippen LogP contribution in [0.2, 0.25) is 10.0 Å². The van der Waals surface area contributed by atoms with Gasteiger partial charge in [-0.2, -0.15) is 0 Å². The third kappa shape index (κ3) is 4.29. The number of hydrogen-bond acceptors (Lipinski definition) is 5. The smallest absolute Gasteiger partial charge is 0.257 e. The van der Waals surface area contributed by atoms with Gasteiger partial charge in [-0.25, -0.2) is 13.1 Å². The number of benzene rings is 2. The van der Waals surface area contributed by atoms with Crippen molar-refractivity contribution in [3.05, 3.63) is 45.9 Å². The average molecular weight is 497 g/mol. The molecule has 0 saturated heterocycles. The van der Waals surface area contributed by atoms with Gasteiger partial charge in [-0.3, -0.25) is 4.79 Å². The molecule has 1 amide bonds. The lowest BCUT2D eigenvalue weighted by Crippen LogP contribution is -2.40. The molecular formula is C22H22Cl2N2O5S. The summed E-state index contributed by atoms with van der Waals surface area (Å²) in [5, 5.41) is 2.77. The van der Waals surface area contributed by atoms with Crippen molar-refractivity contribution in [1.29, 1.82) is 0 Å². The van der Waals surface area contributed by atoms with Crippen molar-refractivity contribution in [3.63, 3.8) is 0 Å². The molecule has 5 rings (SSSR count). The van der Waals surface area contributed by atoms with Crippen molar-refractivity contribution >= 4 is 44.8 Å². The summed E-state index contributed by atoms with van der Waals surface area (Å²) in [6.07, 6.45) is 6.49. The monoisotopic (exact) mass is 496 g/mol. The zero-order chi connectivity index (χ0) is 22.5. The van der Waals surface area contributed by atoms with Crippen molar-refractivity contribution in [2.24, 2.45) is 0 Å². The van der Waals surface area contributed by atoms with Crippen LogP contribution in [-0.4, -0.2) is 26.2 Å². The molecule has 1 heterocycles. The maximum absolute atomic E-state index is 12.9. The van der Waals surface area contributed by atoms with Gasteiger partial charge in [0.1, 0.15) is 4.90 Å². The van der Waals surface area contributed by atoms with Gasteiger partial charge in [0.2, 0.25) is 10.0 Å². The third-order valence-corrected chi connectivity index (χ3v) is 8.16. The van der Waals surface area contributed by atoms with Crippen LogP contribution in [0.15, 0.2) is 35.2 Å². The average Bonchev–Trinajstić information content (AvgIpc) is 3.46. The number of carbonyl (C=O) groups is 1. The molecule has 0 bridgehead atoms. The van der Waals surface area contributed by atoms with E-state index in [1.165, 1.54) is 18.6 Å². The summed E-state index contributed by atoms with van der Waals surface area (Å²) in [6.45, 7) is 0. The van der Waals surface area contributed by atoms with Crippen LogP contribution >= 0.6 is 23.2 Å². The number of nitrogens with one attached hydrogen (secondary N) is 2. The highest BCUT2D eigenvalue weighted by Gasteiger charge is 2.42. The molecule has 3 aliphatic rings. The van der Waals surface area contributed by atoms with Crippen LogP contribution in [0.5, 0.6) is 11.5 Å². The molecule has 1 aliphatic heterocycles. The van der Waals surface area contributed by atoms with Crippen LogP contribution in [0.4, 0.5) is 5.69 Å². The Morgan fingerprint density at radius 1 is 0.969 bits per heavy atom. The lowest BCUT2D eigenvalue weighted by molar-refractivity contribution is -0.105. The Bertz CT molecular complexity index is 1190. The van der Waals surface area contributed by atoms with Crippen LogP contribution in [0.3, 0.4) is 0 Å². The topological polar surface area (TPSA) is 93.7 Å². The Labute approximate surface area is 196 Å². The summed E-state index contributed by atoms with van der Waals surface area (Å²) in [6, 6.07) is 7.55. The number of carbonyl (C=O) groups excluding carboxylic acids is 1. The van der Waals surface area contributed by atoms with Gasteiger partial charge in [0.05, 0.1) is 15.6 Å². The molecule has 1 spiro atoms. The second-order valence-electron chi connectivity index (χ2n) is 8.45. The molecule has 170 valence electrons. The molecule has 32 heavy (non-hydrogen) atoms. The summed E-state index contributed by atoms with van der Waals surface area (Å²) in [7, 11) is -3.85. The minimum atomic E-state index is -3.85. The van der Waals surface area contributed by atoms with E-state index >= 15 is 0 Å². The summed E-state index contributed by atoms with van der Waals surface area (Å²) in [4.78, 5) is 12.8. The first-order valence-corrected chi connectivity index (χ1v) is 12.8. The number of hydrogen-bond donors (Lipinski definition) is 2. The number of ether oxygens (including phenoxy) is 2. The number of amides is 1. The van der Waals surface area contributed by atoms with Gasteiger partial charge in [-0.15, -0.1) is 0 Å². The minimum Gasteiger partial charge on any atom is -0.448 e. The fraction of sp³-hybridized carbons (Fsp3) is 0.409. The van der Waals surface area contributed by atoms with E-state index < -0.39 is 21.7 Å². The zero-order valence-corrected chi connectivity index (χ0v) is 19.4. The lowest BCUT2D eigenvalue weighted by atomic mass is 9.94. The van der Waals surface area contributed by atoms with Gasteiger partial charge in [-0.1, -0.05) is 29.6 Å². The molecule has 10 heteroatoms. The molecule has 0 atom stereocenters. The summed E-state index contributed by atoms with van der Waals surface area (Å²) < 4.78 is 40.0. The Morgan fingerprint density at radius 2 is 1.69 bits per heavy atom. The predicted molar refractivity (Wildman–Crippen MR) is 121 cm³/mol. The van der Waals surface area contributed by atoms with Crippen molar-refractivity contribution < 1.29 is 22.7 Å². The van der Waals surface area contributed by atoms with E-state index in [-0.39, 0.29) is 26.5 Å². The SMILES string of the molecule is O=C(Nc1ccc2c(c1)OC1(CCCCC1)O2)c1cc(S(=O)(=O)NC2CC2)c(Cl)cc1Cl. The van der Waals surface area contributed by atoms with Crippen LogP contribution < -0.4 is 19.5 Å². The van der Waals surface area contributed by atoms with E-state index in [9.17, 15) is 13.2 Å². The number of sulfonamides is 1. The molecule has 2 N–H and O–H groups in total. The molecule has 2 fully saturated rings. The van der Waals surface area contributed by atoms with Gasteiger partial charge in [0.15, 0.2) is 11.5 Å². The van der Waals surface area contributed by atoms with Gasteiger partial charge in [0.25, 0.3) is 11.7 Å². The largest absolute Gasteiger partial charge is 0.448 e. The van der Waals surface area contributed by atoms with Crippen molar-refractivity contribution in [2.45, 2.75) is 61.7 Å². The molecule has 7 nitrogen and oxygen atoms in total. The Hall–Kier alpha value is -2.00. The maximum atomic E-state index is 12.9. The van der Waals surface area contributed by atoms with Crippen LogP contribution in [-0.2, 0) is 10.0 Å². The lowest BCUT2D eigenvalue weighted by Gasteiger charge is -2.31. The molecule has 0 aromatic heterocycles. The zero-order valence-electron chi connectivity index (χ0n) is 17.1. The van der Waals surface area contributed by atoms with Gasteiger partial charge >= 0.3 is 0 Å². The first-order chi connectivity index (χ1) is 15.2. The summed E-state index contributed by atoms with van der Waals surface area (Å²) in [5.74, 6) is 0.0547. The standard InChI is InChI=1S/C22H22Cl2N2O5S/c23-16-12-17(24)20(32(28,29)26-13-4-5-13)11-15(16)21(27)25-14-6-7-18-19(10-14)31-22(30-18)8-2-1-3-9-22/h6-7,10-13,26H,1-5,8-9H2,(H,25,27). The van der Waals surface area contributed by atoms with Crippen molar-refractivity contribution in [1.82, 2.24) is 4.72 Å². The molecule has 0 radical (unpaired) electrons. The van der Waals surface area contributed by atoms with Gasteiger partial charge < -0.3 is 14.8 Å². The fourth-order valence-corrected chi connectivity index (χ4v) is 6.22. The summed E-state index contributed by atoms with van der Waals surface area (Å²) >= 11 is 12.3. The molecule has 2 aromatic carbocycles. The van der Waals surface area contributed by atoms with Crippen LogP contribution in [0.1, 0.15) is 55.3 Å². The molecule has 2 aliphatic carbocycles. The maximum Gasteiger partial charge on any atom is 0.257 e. The first kappa shape index (κ1) is 21.8. The van der Waals surface area contributed by atoms with E-state index in [2.05, 4.69) is 10.0 Å². The molecule has 0 unspecified atom stereocenters. The normalized spacial score (nSPS) is 19.2. The highest BCUT2D eigenvalue weighted by atomic mass is 35.5. The number of fused-ring (bicyclic) bond motifs is 1. The molecule has 2 aromatic rings. The predicted octanol–water partition coefficient (Wildman–Crippen LogP) is 5.12. The van der Waals surface area contributed by atoms with Crippen LogP contribution in [0, 0.1) is 0 Å². The molecule has 2 saturated carbocycles. The first-order valence-electron chi connectivity index (χ1n) is 10.6. The third-order valence-electron chi connectivity index (χ3n) is 5.86. The van der Waals surface area contributed by atoms with E-state index in [4.69, 9.17) is 32.7 Å². The number of anilines is 1. The highest BCUT2D eigenvalue weighted by molar-refractivity contribution is 7.89. The minimum absolute atomic E-state index is 0.00802. The Balaban J connectivity index is 1.37. The van der Waals surface area contributed by atoms with E-state index in [1.807, 2.05) is 0 Å². The van der Waals surface area contributed by atoms with E-state index in [0.29, 0.717) is 17.2 Å². The number of rotatable bonds is 5. The van der Waals surface area contributed by atoms with Crippen molar-refractivity contribution in [3.8, 4) is 11.5 Å². The second-order valence-corrected chi connectivity index (χ2v) is 10.9. The Kier molecular flexibility index (Phi) is 5.52. The van der Waals surface area contributed by atoms with E-state index in [0.717, 1.165) is 38.5 Å². The second kappa shape index (κ2) is 8.09. The quantitative estimate of drug-likeness (QED) is 0.598. The number of halogens is 2. The summed E-state index contributed by atoms with van der Waals surface area (Å²) in [5.41, 5.74) is 0.491. The Morgan fingerprint density at radius 3 is 2.41 bits per heavy atom. The van der Waals surface area contributed by atoms with Crippen LogP contribution in [0.25, 0.3) is 0 Å². The van der Waals surface area contributed by atoms with Gasteiger partial charge in [0, 0.05) is 30.6 Å². The molecular weight excluding hydrogens is 475 g/mol. The van der Waals surface area contributed by atoms with Gasteiger partial charge in [-0.05, 0) is 49.9 Å². The fourth-order valence-electron chi connectivity index (χ4n) is 4.06. The van der Waals surface area contributed by atoms with E-state index in [1.54, 1.807) is 18.2 Å². The highest BCUT2D eigenvalue weighted by Crippen LogP contribution is 2.46. The van der Waals surface area contributed by atoms with Crippen molar-refractivity contribution in [2.75, 3.05) is 5.32 Å².